The van der Waals surface area contributed by atoms with Gasteiger partial charge in [-0.3, -0.25) is 9.78 Å². The molecular weight excluding hydrogens is 419 g/mol. The van der Waals surface area contributed by atoms with Crippen LogP contribution in [0.4, 0.5) is 18.9 Å². The van der Waals surface area contributed by atoms with Gasteiger partial charge in [-0.15, -0.1) is 0 Å². The minimum atomic E-state index is -4.57. The molecule has 10 heteroatoms. The van der Waals surface area contributed by atoms with E-state index in [1.54, 1.807) is 11.0 Å². The van der Waals surface area contributed by atoms with E-state index in [1.807, 2.05) is 19.1 Å². The molecule has 0 saturated heterocycles. The van der Waals surface area contributed by atoms with Crippen LogP contribution < -0.4 is 9.62 Å². The highest BCUT2D eigenvalue weighted by Gasteiger charge is 2.32. The fourth-order valence-electron chi connectivity index (χ4n) is 3.33. The van der Waals surface area contributed by atoms with Gasteiger partial charge in [-0.2, -0.15) is 13.2 Å². The topological polar surface area (TPSA) is 79.4 Å². The van der Waals surface area contributed by atoms with Gasteiger partial charge in [0.05, 0.1) is 5.75 Å². The number of hydrogen-bond acceptors (Lipinski definition) is 4. The molecule has 0 saturated carbocycles. The molecule has 0 bridgehead atoms. The third-order valence-corrected chi connectivity index (χ3v) is 6.06. The number of halogens is 3. The number of nitrogens with one attached hydrogen (secondary N) is 1. The summed E-state index contributed by atoms with van der Waals surface area (Å²) in [6.45, 7) is 2.68. The molecule has 162 valence electrons. The van der Waals surface area contributed by atoms with E-state index < -0.39 is 27.6 Å². The molecule has 0 spiro atoms. The normalized spacial score (nSPS) is 14.7. The van der Waals surface area contributed by atoms with Gasteiger partial charge < -0.3 is 4.90 Å². The highest BCUT2D eigenvalue weighted by atomic mass is 32.2. The van der Waals surface area contributed by atoms with E-state index in [0.717, 1.165) is 41.6 Å². The summed E-state index contributed by atoms with van der Waals surface area (Å²) in [5, 5.41) is 0. The van der Waals surface area contributed by atoms with Crippen molar-refractivity contribution in [3.63, 3.8) is 0 Å². The van der Waals surface area contributed by atoms with Crippen LogP contribution >= 0.6 is 0 Å². The number of aromatic nitrogens is 1. The average Bonchev–Trinajstić information content (AvgIpc) is 2.68. The van der Waals surface area contributed by atoms with Gasteiger partial charge >= 0.3 is 6.18 Å². The number of amides is 1. The van der Waals surface area contributed by atoms with E-state index in [2.05, 4.69) is 9.71 Å². The Bertz CT molecular complexity index is 1020. The SMILES string of the molecule is CCCN1C(=O)CCc2cc(CNS(=O)(=O)Cc3ccc(C(F)(F)F)nc3)ccc21. The monoisotopic (exact) mass is 441 g/mol. The zero-order valence-corrected chi connectivity index (χ0v) is 17.2. The van der Waals surface area contributed by atoms with Gasteiger partial charge in [-0.1, -0.05) is 25.1 Å². The smallest absolute Gasteiger partial charge is 0.312 e. The van der Waals surface area contributed by atoms with E-state index >= 15 is 0 Å². The van der Waals surface area contributed by atoms with Gasteiger partial charge in [-0.25, -0.2) is 13.1 Å². The molecule has 2 aromatic rings. The van der Waals surface area contributed by atoms with Gasteiger partial charge in [0, 0.05) is 31.4 Å². The number of carbonyl (C=O) groups excluding carboxylic acids is 1. The zero-order valence-electron chi connectivity index (χ0n) is 16.4. The van der Waals surface area contributed by atoms with Crippen LogP contribution in [0.5, 0.6) is 0 Å². The largest absolute Gasteiger partial charge is 0.433 e. The van der Waals surface area contributed by atoms with Crippen molar-refractivity contribution in [2.45, 2.75) is 44.7 Å². The minimum Gasteiger partial charge on any atom is -0.312 e. The van der Waals surface area contributed by atoms with Crippen molar-refractivity contribution in [3.05, 3.63) is 58.9 Å². The fraction of sp³-hybridized carbons (Fsp3) is 0.400. The summed E-state index contributed by atoms with van der Waals surface area (Å²) in [6.07, 6.45) is -1.79. The number of rotatable bonds is 7. The van der Waals surface area contributed by atoms with Crippen molar-refractivity contribution >= 4 is 21.6 Å². The maximum absolute atomic E-state index is 12.6. The number of anilines is 1. The lowest BCUT2D eigenvalue weighted by Crippen LogP contribution is -2.35. The Hall–Kier alpha value is -2.46. The second kappa shape index (κ2) is 8.73. The molecule has 0 radical (unpaired) electrons. The van der Waals surface area contributed by atoms with Crippen LogP contribution in [0.15, 0.2) is 36.5 Å². The maximum Gasteiger partial charge on any atom is 0.433 e. The van der Waals surface area contributed by atoms with Crippen LogP contribution in [0, 0.1) is 0 Å². The average molecular weight is 441 g/mol. The molecule has 0 aliphatic carbocycles. The lowest BCUT2D eigenvalue weighted by Gasteiger charge is -2.29. The first-order valence-corrected chi connectivity index (χ1v) is 11.2. The summed E-state index contributed by atoms with van der Waals surface area (Å²) in [6, 6.07) is 7.34. The van der Waals surface area contributed by atoms with Crippen molar-refractivity contribution in [2.75, 3.05) is 11.4 Å². The number of aryl methyl sites for hydroxylation is 1. The number of benzene rings is 1. The van der Waals surface area contributed by atoms with Gasteiger partial charge in [-0.05, 0) is 41.7 Å². The molecule has 1 aliphatic rings. The highest BCUT2D eigenvalue weighted by molar-refractivity contribution is 7.88. The van der Waals surface area contributed by atoms with Gasteiger partial charge in [0.15, 0.2) is 0 Å². The summed E-state index contributed by atoms with van der Waals surface area (Å²) in [4.78, 5) is 17.1. The number of alkyl halides is 3. The number of carbonyl (C=O) groups is 1. The van der Waals surface area contributed by atoms with Crippen LogP contribution in [-0.2, 0) is 39.7 Å². The predicted molar refractivity (Wildman–Crippen MR) is 106 cm³/mol. The summed E-state index contributed by atoms with van der Waals surface area (Å²) in [5.41, 5.74) is 1.69. The molecule has 0 fully saturated rings. The Morgan fingerprint density at radius 1 is 1.13 bits per heavy atom. The Morgan fingerprint density at radius 3 is 2.50 bits per heavy atom. The molecule has 1 aromatic carbocycles. The van der Waals surface area contributed by atoms with Gasteiger partial charge in [0.1, 0.15) is 5.69 Å². The molecule has 30 heavy (non-hydrogen) atoms. The molecule has 3 rings (SSSR count). The molecule has 2 heterocycles. The molecule has 1 aliphatic heterocycles. The fourth-order valence-corrected chi connectivity index (χ4v) is 4.43. The van der Waals surface area contributed by atoms with Crippen molar-refractivity contribution in [1.29, 1.82) is 0 Å². The van der Waals surface area contributed by atoms with Crippen LogP contribution in [0.1, 0.15) is 42.1 Å². The first-order valence-electron chi connectivity index (χ1n) is 9.50. The summed E-state index contributed by atoms with van der Waals surface area (Å²) in [7, 11) is -3.77. The Kier molecular flexibility index (Phi) is 6.47. The molecule has 1 N–H and O–H groups in total. The predicted octanol–water partition coefficient (Wildman–Crippen LogP) is 3.41. The molecule has 0 unspecified atom stereocenters. The molecular formula is C20H22F3N3O3S. The standard InChI is InChI=1S/C20H22F3N3O3S/c1-2-9-26-17-6-3-14(10-16(17)5-8-19(26)27)12-25-30(28,29)13-15-4-7-18(24-11-15)20(21,22)23/h3-4,6-7,10-11,25H,2,5,8-9,12-13H2,1H3. The van der Waals surface area contributed by atoms with Crippen molar-refractivity contribution in [3.8, 4) is 0 Å². The van der Waals surface area contributed by atoms with Crippen LogP contribution in [0.3, 0.4) is 0 Å². The minimum absolute atomic E-state index is 0.0470. The van der Waals surface area contributed by atoms with Crippen molar-refractivity contribution in [2.24, 2.45) is 0 Å². The quantitative estimate of drug-likeness (QED) is 0.714. The second-order valence-electron chi connectivity index (χ2n) is 7.14. The number of hydrogen-bond donors (Lipinski definition) is 1. The van der Waals surface area contributed by atoms with Gasteiger partial charge in [0.2, 0.25) is 15.9 Å². The Morgan fingerprint density at radius 2 is 1.87 bits per heavy atom. The van der Waals surface area contributed by atoms with Gasteiger partial charge in [0.25, 0.3) is 0 Å². The molecule has 1 aromatic heterocycles. The third-order valence-electron chi connectivity index (χ3n) is 4.76. The first-order chi connectivity index (χ1) is 14.1. The lowest BCUT2D eigenvalue weighted by atomic mass is 9.98. The maximum atomic E-state index is 12.6. The molecule has 6 nitrogen and oxygen atoms in total. The number of sulfonamides is 1. The van der Waals surface area contributed by atoms with Crippen LogP contribution in [-0.4, -0.2) is 25.9 Å². The summed E-state index contributed by atoms with van der Waals surface area (Å²) < 4.78 is 64.8. The van der Waals surface area contributed by atoms with E-state index in [9.17, 15) is 26.4 Å². The zero-order chi connectivity index (χ0) is 21.9. The second-order valence-corrected chi connectivity index (χ2v) is 8.94. The van der Waals surface area contributed by atoms with Crippen molar-refractivity contribution in [1.82, 2.24) is 9.71 Å². The number of fused-ring (bicyclic) bond motifs is 1. The number of nitrogens with zero attached hydrogens (tertiary/aromatic N) is 2. The lowest BCUT2D eigenvalue weighted by molar-refractivity contribution is -0.141. The third kappa shape index (κ3) is 5.37. The first kappa shape index (κ1) is 22.2. The number of pyridine rings is 1. The molecule has 0 atom stereocenters. The highest BCUT2D eigenvalue weighted by Crippen LogP contribution is 2.29. The van der Waals surface area contributed by atoms with E-state index in [1.165, 1.54) is 0 Å². The van der Waals surface area contributed by atoms with E-state index in [4.69, 9.17) is 0 Å². The van der Waals surface area contributed by atoms with E-state index in [0.29, 0.717) is 19.4 Å². The Balaban J connectivity index is 1.65. The van der Waals surface area contributed by atoms with Crippen LogP contribution in [0.2, 0.25) is 0 Å². The summed E-state index contributed by atoms with van der Waals surface area (Å²) in [5.74, 6) is -0.384. The summed E-state index contributed by atoms with van der Waals surface area (Å²) >= 11 is 0. The molecule has 1 amide bonds. The van der Waals surface area contributed by atoms with Crippen LogP contribution in [0.25, 0.3) is 0 Å². The van der Waals surface area contributed by atoms with E-state index in [-0.39, 0.29) is 18.0 Å². The Labute approximate surface area is 173 Å². The van der Waals surface area contributed by atoms with Crippen molar-refractivity contribution < 1.29 is 26.4 Å².